The molecule has 0 fully saturated rings. The van der Waals surface area contributed by atoms with Crippen LogP contribution in [-0.2, 0) is 18.2 Å². The average Bonchev–Trinajstić information content (AvgIpc) is 1.81. The molecule has 0 aromatic heterocycles. The van der Waals surface area contributed by atoms with E-state index in [1.165, 1.54) is 0 Å². The van der Waals surface area contributed by atoms with E-state index in [9.17, 15) is 9.13 Å². The number of aliphatic hydroxyl groups is 1. The molecule has 0 aliphatic heterocycles. The number of nitrogens with two attached hydrogens (primary N) is 1. The Morgan fingerprint density at radius 1 is 1.23 bits per heavy atom. The maximum Gasteiger partial charge on any atom is 0.700 e. The van der Waals surface area contributed by atoms with Crippen LogP contribution in [0.1, 0.15) is 6.42 Å². The Morgan fingerprint density at radius 3 is 1.85 bits per heavy atom. The van der Waals surface area contributed by atoms with Crippen molar-refractivity contribution in [3.05, 3.63) is 0 Å². The van der Waals surface area contributed by atoms with Crippen LogP contribution in [0.5, 0.6) is 0 Å². The first-order valence-corrected chi connectivity index (χ1v) is 5.28. The normalized spacial score (nSPS) is 17.8. The second-order valence-electron chi connectivity index (χ2n) is 1.91. The zero-order valence-electron chi connectivity index (χ0n) is 6.36. The lowest BCUT2D eigenvalue weighted by atomic mass is 10.4. The van der Waals surface area contributed by atoms with Crippen molar-refractivity contribution in [2.24, 2.45) is 5.73 Å². The molecule has 0 bridgehead atoms. The summed E-state index contributed by atoms with van der Waals surface area (Å²) < 4.78 is 28.2. The Morgan fingerprint density at radius 2 is 1.62 bits per heavy atom. The van der Waals surface area contributed by atoms with Gasteiger partial charge in [0.2, 0.25) is 0 Å². The molecule has 0 amide bonds. The molecule has 0 aliphatic carbocycles. The lowest BCUT2D eigenvalue weighted by Gasteiger charge is -2.11. The highest BCUT2D eigenvalue weighted by molar-refractivity contribution is 7.33. The molecule has 0 aromatic carbocycles. The standard InChI is InChI=1S/C3H7NO7P2/c4-2-1-3(5,10-12(6)7)11-13(8)9/h5H,1-2,4H2/p+2. The summed E-state index contributed by atoms with van der Waals surface area (Å²) in [5, 5.41) is 9.14. The van der Waals surface area contributed by atoms with Gasteiger partial charge >= 0.3 is 22.5 Å². The Balaban J connectivity index is 4.32. The fourth-order valence-corrected chi connectivity index (χ4v) is 1.34. The molecule has 0 radical (unpaired) electrons. The van der Waals surface area contributed by atoms with E-state index in [1.807, 2.05) is 0 Å². The Bertz CT molecular complexity index is 192. The quantitative estimate of drug-likeness (QED) is 0.349. The van der Waals surface area contributed by atoms with E-state index >= 15 is 0 Å². The smallest absolute Gasteiger partial charge is 0.337 e. The zero-order valence-corrected chi connectivity index (χ0v) is 8.15. The van der Waals surface area contributed by atoms with Gasteiger partial charge in [0.05, 0.1) is 6.42 Å². The first-order chi connectivity index (χ1) is 5.89. The fraction of sp³-hybridized carbons (Fsp3) is 1.00. The molecule has 0 aromatic rings. The monoisotopic (exact) mass is 233 g/mol. The van der Waals surface area contributed by atoms with E-state index in [1.54, 1.807) is 0 Å². The molecule has 2 unspecified atom stereocenters. The van der Waals surface area contributed by atoms with Gasteiger partial charge in [-0.2, -0.15) is 0 Å². The summed E-state index contributed by atoms with van der Waals surface area (Å²) in [6.45, 7) is -0.150. The van der Waals surface area contributed by atoms with E-state index in [0.29, 0.717) is 0 Å². The molecule has 10 heteroatoms. The van der Waals surface area contributed by atoms with Crippen LogP contribution in [0.3, 0.4) is 0 Å². The molecular weight excluding hydrogens is 224 g/mol. The maximum absolute atomic E-state index is 10.1. The van der Waals surface area contributed by atoms with Gasteiger partial charge in [-0.25, -0.2) is 0 Å². The Labute approximate surface area is 75.2 Å². The lowest BCUT2D eigenvalue weighted by molar-refractivity contribution is -0.275. The second kappa shape index (κ2) is 5.64. The van der Waals surface area contributed by atoms with Gasteiger partial charge in [-0.1, -0.05) is 0 Å². The van der Waals surface area contributed by atoms with Crippen LogP contribution in [0.25, 0.3) is 0 Å². The van der Waals surface area contributed by atoms with Crippen LogP contribution in [-0.4, -0.2) is 27.4 Å². The number of hydrogen-bond acceptors (Lipinski definition) is 6. The molecule has 76 valence electrons. The van der Waals surface area contributed by atoms with Crippen molar-refractivity contribution in [2.45, 2.75) is 12.4 Å². The summed E-state index contributed by atoms with van der Waals surface area (Å²) in [4.78, 5) is 16.5. The van der Waals surface area contributed by atoms with Gasteiger partial charge in [-0.3, -0.25) is 0 Å². The van der Waals surface area contributed by atoms with Crippen LogP contribution < -0.4 is 5.73 Å². The molecule has 0 aliphatic rings. The molecule has 8 nitrogen and oxygen atoms in total. The van der Waals surface area contributed by atoms with Gasteiger partial charge in [0.1, 0.15) is 0 Å². The summed E-state index contributed by atoms with van der Waals surface area (Å²) in [5.41, 5.74) is 4.99. The molecule has 5 N–H and O–H groups in total. The molecule has 13 heavy (non-hydrogen) atoms. The number of rotatable bonds is 6. The second-order valence-corrected chi connectivity index (χ2v) is 3.23. The summed E-state index contributed by atoms with van der Waals surface area (Å²) in [7, 11) is -6.30. The highest BCUT2D eigenvalue weighted by atomic mass is 31.1. The van der Waals surface area contributed by atoms with Crippen molar-refractivity contribution < 1.29 is 33.1 Å². The van der Waals surface area contributed by atoms with Gasteiger partial charge < -0.3 is 10.8 Å². The summed E-state index contributed by atoms with van der Waals surface area (Å²) >= 11 is 0. The van der Waals surface area contributed by atoms with Crippen molar-refractivity contribution in [3.63, 3.8) is 0 Å². The first-order valence-electron chi connectivity index (χ1n) is 3.02. The minimum atomic E-state index is -3.15. The minimum Gasteiger partial charge on any atom is -0.337 e. The van der Waals surface area contributed by atoms with Gasteiger partial charge in [0.15, 0.2) is 0 Å². The lowest BCUT2D eigenvalue weighted by Crippen LogP contribution is -2.33. The Hall–Kier alpha value is -0.0400. The van der Waals surface area contributed by atoms with Crippen LogP contribution in [0, 0.1) is 0 Å². The summed E-state index contributed by atoms with van der Waals surface area (Å²) in [6, 6.07) is 0. The van der Waals surface area contributed by atoms with Gasteiger partial charge in [0, 0.05) is 15.7 Å². The van der Waals surface area contributed by atoms with Gasteiger partial charge in [0.25, 0.3) is 0 Å². The van der Waals surface area contributed by atoms with E-state index in [4.69, 9.17) is 20.6 Å². The van der Waals surface area contributed by atoms with Crippen LogP contribution in [0.15, 0.2) is 0 Å². The highest BCUT2D eigenvalue weighted by Gasteiger charge is 2.47. The van der Waals surface area contributed by atoms with Crippen LogP contribution in [0.4, 0.5) is 0 Å². The maximum atomic E-state index is 10.1. The molecule has 0 saturated heterocycles. The third kappa shape index (κ3) is 6.09. The molecule has 0 spiro atoms. The average molecular weight is 233 g/mol. The largest absolute Gasteiger partial charge is 0.700 e. The molecule has 0 saturated carbocycles. The molecular formula is C3H9NO7P2+2. The highest BCUT2D eigenvalue weighted by Crippen LogP contribution is 2.34. The third-order valence-electron chi connectivity index (χ3n) is 0.902. The van der Waals surface area contributed by atoms with E-state index in [2.05, 4.69) is 9.05 Å². The van der Waals surface area contributed by atoms with Crippen molar-refractivity contribution >= 4 is 16.5 Å². The molecule has 2 atom stereocenters. The van der Waals surface area contributed by atoms with Crippen molar-refractivity contribution in [1.82, 2.24) is 0 Å². The first kappa shape index (κ1) is 13.0. The van der Waals surface area contributed by atoms with Crippen LogP contribution >= 0.6 is 16.5 Å². The summed E-state index contributed by atoms with van der Waals surface area (Å²) in [5.74, 6) is -2.60. The SMILES string of the molecule is NCCC(O)(O[P+](=O)O)O[P+](=O)O. The predicted molar refractivity (Wildman–Crippen MR) is 40.4 cm³/mol. The topological polar surface area (TPSA) is 139 Å². The van der Waals surface area contributed by atoms with Crippen molar-refractivity contribution in [2.75, 3.05) is 6.54 Å². The van der Waals surface area contributed by atoms with Crippen molar-refractivity contribution in [3.8, 4) is 0 Å². The van der Waals surface area contributed by atoms with Gasteiger partial charge in [-0.05, 0) is 9.05 Å². The van der Waals surface area contributed by atoms with E-state index in [0.717, 1.165) is 0 Å². The fourth-order valence-electron chi connectivity index (χ4n) is 0.534. The number of hydrogen-bond donors (Lipinski definition) is 4. The summed E-state index contributed by atoms with van der Waals surface area (Å²) in [6.07, 6.45) is -0.406. The van der Waals surface area contributed by atoms with E-state index in [-0.39, 0.29) is 6.54 Å². The minimum absolute atomic E-state index is 0.150. The van der Waals surface area contributed by atoms with Gasteiger partial charge in [-0.15, -0.1) is 9.79 Å². The third-order valence-corrected chi connectivity index (χ3v) is 1.78. The Kier molecular flexibility index (Phi) is 5.62. The van der Waals surface area contributed by atoms with Crippen molar-refractivity contribution in [1.29, 1.82) is 0 Å². The van der Waals surface area contributed by atoms with E-state index < -0.39 is 28.9 Å². The zero-order chi connectivity index (χ0) is 10.5. The predicted octanol–water partition coefficient (Wildman–Crippen LogP) is -0.686. The molecule has 0 heterocycles. The van der Waals surface area contributed by atoms with Crippen LogP contribution in [0.2, 0.25) is 0 Å². The molecule has 0 rings (SSSR count).